The van der Waals surface area contributed by atoms with Gasteiger partial charge in [-0.05, 0) is 42.7 Å². The third-order valence-electron chi connectivity index (χ3n) is 4.64. The van der Waals surface area contributed by atoms with E-state index in [1.165, 1.54) is 5.56 Å². The first-order chi connectivity index (χ1) is 13.1. The van der Waals surface area contributed by atoms with E-state index in [0.717, 1.165) is 27.6 Å². The van der Waals surface area contributed by atoms with Gasteiger partial charge in [0.1, 0.15) is 6.04 Å². The molecule has 0 aliphatic carbocycles. The molecule has 0 saturated carbocycles. The first-order valence-corrected chi connectivity index (χ1v) is 9.23. The number of amides is 1. The van der Waals surface area contributed by atoms with E-state index >= 15 is 0 Å². The molecule has 1 atom stereocenters. The Bertz CT molecular complexity index is 973. The molecule has 3 rings (SSSR count). The van der Waals surface area contributed by atoms with Gasteiger partial charge in [-0.1, -0.05) is 67.1 Å². The fourth-order valence-electron chi connectivity index (χ4n) is 3.12. The standard InChI is InChI=1S/C23H25N3O/c1-4-21(25-22-13-12-16(2)14-17(22)3)23(27)26-24-15-19-10-7-9-18-8-5-6-11-20(18)19/h5-15,21,25H,4H2,1-3H3,(H,26,27)/b24-15-/t21-/m1/s1. The van der Waals surface area contributed by atoms with Crippen LogP contribution in [0, 0.1) is 13.8 Å². The summed E-state index contributed by atoms with van der Waals surface area (Å²) in [6.45, 7) is 6.08. The SMILES string of the molecule is CC[C@@H](Nc1ccc(C)cc1C)C(=O)N/N=C\c1cccc2ccccc12. The van der Waals surface area contributed by atoms with Crippen molar-refractivity contribution in [3.63, 3.8) is 0 Å². The summed E-state index contributed by atoms with van der Waals surface area (Å²) >= 11 is 0. The van der Waals surface area contributed by atoms with Crippen LogP contribution in [0.3, 0.4) is 0 Å². The lowest BCUT2D eigenvalue weighted by Crippen LogP contribution is -2.37. The zero-order valence-electron chi connectivity index (χ0n) is 16.0. The van der Waals surface area contributed by atoms with E-state index in [2.05, 4.69) is 47.0 Å². The third kappa shape index (κ3) is 4.53. The molecule has 3 aromatic rings. The molecule has 0 spiro atoms. The van der Waals surface area contributed by atoms with Crippen LogP contribution in [-0.2, 0) is 4.79 Å². The lowest BCUT2D eigenvalue weighted by Gasteiger charge is -2.18. The lowest BCUT2D eigenvalue weighted by molar-refractivity contribution is -0.121. The monoisotopic (exact) mass is 359 g/mol. The molecule has 0 bridgehead atoms. The average molecular weight is 359 g/mol. The summed E-state index contributed by atoms with van der Waals surface area (Å²) in [7, 11) is 0. The van der Waals surface area contributed by atoms with Crippen LogP contribution in [0.15, 0.2) is 65.8 Å². The van der Waals surface area contributed by atoms with Gasteiger partial charge < -0.3 is 5.32 Å². The highest BCUT2D eigenvalue weighted by molar-refractivity contribution is 6.00. The van der Waals surface area contributed by atoms with Gasteiger partial charge in [-0.25, -0.2) is 5.43 Å². The minimum atomic E-state index is -0.337. The second-order valence-electron chi connectivity index (χ2n) is 6.73. The largest absolute Gasteiger partial charge is 0.373 e. The average Bonchev–Trinajstić information content (AvgIpc) is 2.67. The summed E-state index contributed by atoms with van der Waals surface area (Å²) in [6.07, 6.45) is 2.37. The summed E-state index contributed by atoms with van der Waals surface area (Å²) in [6, 6.07) is 20.0. The maximum absolute atomic E-state index is 12.5. The first kappa shape index (κ1) is 18.6. The molecular weight excluding hydrogens is 334 g/mol. The number of aryl methyl sites for hydroxylation is 2. The molecule has 0 saturated heterocycles. The molecule has 0 aromatic heterocycles. The maximum Gasteiger partial charge on any atom is 0.262 e. The van der Waals surface area contributed by atoms with Crippen LogP contribution in [0.1, 0.15) is 30.0 Å². The van der Waals surface area contributed by atoms with Crippen molar-refractivity contribution in [1.82, 2.24) is 5.43 Å². The van der Waals surface area contributed by atoms with Crippen molar-refractivity contribution in [2.75, 3.05) is 5.32 Å². The summed E-state index contributed by atoms with van der Waals surface area (Å²) in [5, 5.41) is 9.75. The van der Waals surface area contributed by atoms with E-state index in [-0.39, 0.29) is 11.9 Å². The Morgan fingerprint density at radius 3 is 2.63 bits per heavy atom. The summed E-state index contributed by atoms with van der Waals surface area (Å²) in [5.74, 6) is -0.144. The van der Waals surface area contributed by atoms with Crippen LogP contribution in [0.25, 0.3) is 10.8 Å². The van der Waals surface area contributed by atoms with Gasteiger partial charge in [0.15, 0.2) is 0 Å². The van der Waals surface area contributed by atoms with Gasteiger partial charge in [0, 0.05) is 11.3 Å². The second kappa shape index (κ2) is 8.49. The number of hydrogen-bond acceptors (Lipinski definition) is 3. The number of carbonyl (C=O) groups is 1. The second-order valence-corrected chi connectivity index (χ2v) is 6.73. The molecule has 0 aliphatic rings. The Balaban J connectivity index is 1.68. The third-order valence-corrected chi connectivity index (χ3v) is 4.64. The van der Waals surface area contributed by atoms with Crippen molar-refractivity contribution >= 4 is 28.6 Å². The highest BCUT2D eigenvalue weighted by Crippen LogP contribution is 2.18. The van der Waals surface area contributed by atoms with Crippen LogP contribution >= 0.6 is 0 Å². The number of hydrazone groups is 1. The van der Waals surface area contributed by atoms with Gasteiger partial charge in [-0.15, -0.1) is 0 Å². The van der Waals surface area contributed by atoms with E-state index in [0.29, 0.717) is 6.42 Å². The number of anilines is 1. The Morgan fingerprint density at radius 2 is 1.85 bits per heavy atom. The van der Waals surface area contributed by atoms with E-state index in [1.807, 2.05) is 50.2 Å². The molecule has 27 heavy (non-hydrogen) atoms. The minimum absolute atomic E-state index is 0.144. The molecule has 2 N–H and O–H groups in total. The molecule has 138 valence electrons. The van der Waals surface area contributed by atoms with Gasteiger partial charge in [0.25, 0.3) is 5.91 Å². The molecule has 0 radical (unpaired) electrons. The highest BCUT2D eigenvalue weighted by atomic mass is 16.2. The predicted molar refractivity (Wildman–Crippen MR) is 113 cm³/mol. The van der Waals surface area contributed by atoms with Crippen LogP contribution in [0.4, 0.5) is 5.69 Å². The summed E-state index contributed by atoms with van der Waals surface area (Å²) in [4.78, 5) is 12.5. The first-order valence-electron chi connectivity index (χ1n) is 9.23. The Labute approximate surface area is 160 Å². The number of carbonyl (C=O) groups excluding carboxylic acids is 1. The van der Waals surface area contributed by atoms with E-state index in [4.69, 9.17) is 0 Å². The quantitative estimate of drug-likeness (QED) is 0.491. The molecule has 0 fully saturated rings. The number of benzene rings is 3. The smallest absolute Gasteiger partial charge is 0.262 e. The fraction of sp³-hybridized carbons (Fsp3) is 0.217. The molecule has 1 amide bonds. The Morgan fingerprint density at radius 1 is 1.07 bits per heavy atom. The van der Waals surface area contributed by atoms with Crippen LogP contribution in [0.5, 0.6) is 0 Å². The van der Waals surface area contributed by atoms with Gasteiger partial charge in [-0.2, -0.15) is 5.10 Å². The number of nitrogens with zero attached hydrogens (tertiary/aromatic N) is 1. The molecule has 0 aliphatic heterocycles. The van der Waals surface area contributed by atoms with Crippen molar-refractivity contribution in [3.05, 3.63) is 77.4 Å². The maximum atomic E-state index is 12.5. The van der Waals surface area contributed by atoms with E-state index in [9.17, 15) is 4.79 Å². The molecule has 0 heterocycles. The zero-order valence-corrected chi connectivity index (χ0v) is 16.0. The fourth-order valence-corrected chi connectivity index (χ4v) is 3.12. The van der Waals surface area contributed by atoms with Gasteiger partial charge in [-0.3, -0.25) is 4.79 Å². The minimum Gasteiger partial charge on any atom is -0.373 e. The van der Waals surface area contributed by atoms with Crippen molar-refractivity contribution in [2.45, 2.75) is 33.2 Å². The van der Waals surface area contributed by atoms with Crippen LogP contribution < -0.4 is 10.7 Å². The molecule has 4 heteroatoms. The van der Waals surface area contributed by atoms with E-state index in [1.54, 1.807) is 6.21 Å². The Hall–Kier alpha value is -3.14. The summed E-state index contributed by atoms with van der Waals surface area (Å²) in [5.41, 5.74) is 6.94. The van der Waals surface area contributed by atoms with Gasteiger partial charge in [0.2, 0.25) is 0 Å². The molecule has 3 aromatic carbocycles. The van der Waals surface area contributed by atoms with Crippen molar-refractivity contribution in [1.29, 1.82) is 0 Å². The highest BCUT2D eigenvalue weighted by Gasteiger charge is 2.16. The van der Waals surface area contributed by atoms with Crippen molar-refractivity contribution in [2.24, 2.45) is 5.10 Å². The zero-order chi connectivity index (χ0) is 19.2. The van der Waals surface area contributed by atoms with Gasteiger partial charge in [0.05, 0.1) is 6.21 Å². The lowest BCUT2D eigenvalue weighted by atomic mass is 10.1. The number of nitrogens with one attached hydrogen (secondary N) is 2. The number of rotatable bonds is 6. The van der Waals surface area contributed by atoms with E-state index < -0.39 is 0 Å². The van der Waals surface area contributed by atoms with Crippen LogP contribution in [0.2, 0.25) is 0 Å². The predicted octanol–water partition coefficient (Wildman–Crippen LogP) is 4.80. The van der Waals surface area contributed by atoms with Crippen LogP contribution in [-0.4, -0.2) is 18.2 Å². The molecule has 4 nitrogen and oxygen atoms in total. The van der Waals surface area contributed by atoms with Gasteiger partial charge >= 0.3 is 0 Å². The number of hydrogen-bond donors (Lipinski definition) is 2. The topological polar surface area (TPSA) is 53.5 Å². The van der Waals surface area contributed by atoms with Crippen molar-refractivity contribution < 1.29 is 4.79 Å². The Kier molecular flexibility index (Phi) is 5.87. The molecule has 0 unspecified atom stereocenters. The summed E-state index contributed by atoms with van der Waals surface area (Å²) < 4.78 is 0. The normalized spacial score (nSPS) is 12.3. The molecular formula is C23H25N3O. The number of fused-ring (bicyclic) bond motifs is 1. The van der Waals surface area contributed by atoms with Crippen molar-refractivity contribution in [3.8, 4) is 0 Å².